The number of imidazole rings is 1. The molecule has 0 spiro atoms. The third kappa shape index (κ3) is 1.69. The third-order valence-electron chi connectivity index (χ3n) is 2.29. The number of carbonyl (C=O) groups is 1. The number of rotatable bonds is 2. The molecular formula is C11H11BrN2O. The van der Waals surface area contributed by atoms with E-state index in [-0.39, 0.29) is 0 Å². The lowest BCUT2D eigenvalue weighted by Gasteiger charge is -2.03. The van der Waals surface area contributed by atoms with Crippen molar-refractivity contribution in [2.45, 2.75) is 19.8 Å². The van der Waals surface area contributed by atoms with Gasteiger partial charge >= 0.3 is 0 Å². The second-order valence-corrected chi connectivity index (χ2v) is 4.50. The number of aromatic nitrogens is 2. The van der Waals surface area contributed by atoms with Gasteiger partial charge in [0, 0.05) is 17.7 Å². The van der Waals surface area contributed by atoms with Crippen molar-refractivity contribution in [3.8, 4) is 0 Å². The van der Waals surface area contributed by atoms with Crippen molar-refractivity contribution < 1.29 is 4.79 Å². The van der Waals surface area contributed by atoms with E-state index in [4.69, 9.17) is 0 Å². The van der Waals surface area contributed by atoms with Gasteiger partial charge in [-0.15, -0.1) is 0 Å². The molecule has 0 fully saturated rings. The maximum atomic E-state index is 10.7. The number of carbonyl (C=O) groups excluding carboxylic acids is 1. The zero-order valence-electron chi connectivity index (χ0n) is 8.57. The smallest absolute Gasteiger partial charge is 0.151 e. The minimum absolute atomic E-state index is 0.325. The summed E-state index contributed by atoms with van der Waals surface area (Å²) in [6, 6.07) is 3.69. The fourth-order valence-electron chi connectivity index (χ4n) is 1.56. The Hall–Kier alpha value is -1.16. The van der Waals surface area contributed by atoms with Gasteiger partial charge in [-0.05, 0) is 28.1 Å². The van der Waals surface area contributed by atoms with E-state index >= 15 is 0 Å². The molecular weight excluding hydrogens is 256 g/mol. The van der Waals surface area contributed by atoms with Crippen molar-refractivity contribution in [3.05, 3.63) is 34.3 Å². The van der Waals surface area contributed by atoms with Crippen LogP contribution in [0.15, 0.2) is 22.9 Å². The summed E-state index contributed by atoms with van der Waals surface area (Å²) in [5, 5.41) is 0. The van der Waals surface area contributed by atoms with Crippen LogP contribution in [0.2, 0.25) is 0 Å². The molecule has 2 aromatic heterocycles. The van der Waals surface area contributed by atoms with Crippen molar-refractivity contribution >= 4 is 27.7 Å². The molecule has 0 aromatic carbocycles. The highest BCUT2D eigenvalue weighted by molar-refractivity contribution is 9.10. The van der Waals surface area contributed by atoms with E-state index in [1.807, 2.05) is 16.7 Å². The Morgan fingerprint density at radius 2 is 2.20 bits per heavy atom. The van der Waals surface area contributed by atoms with Crippen LogP contribution >= 0.6 is 15.9 Å². The molecule has 0 unspecified atom stereocenters. The maximum absolute atomic E-state index is 10.7. The molecule has 0 saturated heterocycles. The highest BCUT2D eigenvalue weighted by Gasteiger charge is 2.11. The molecule has 0 aliphatic heterocycles. The summed E-state index contributed by atoms with van der Waals surface area (Å²) in [5.74, 6) is 1.28. The van der Waals surface area contributed by atoms with E-state index in [9.17, 15) is 4.79 Å². The molecule has 0 saturated carbocycles. The van der Waals surface area contributed by atoms with Gasteiger partial charge in [0.05, 0.1) is 5.52 Å². The van der Waals surface area contributed by atoms with Crippen LogP contribution in [0.5, 0.6) is 0 Å². The van der Waals surface area contributed by atoms with Crippen LogP contribution in [0.25, 0.3) is 5.52 Å². The predicted molar refractivity (Wildman–Crippen MR) is 62.4 cm³/mol. The van der Waals surface area contributed by atoms with Gasteiger partial charge < -0.3 is 4.40 Å². The number of hydrogen-bond acceptors (Lipinski definition) is 2. The fourth-order valence-corrected chi connectivity index (χ4v) is 2.07. The van der Waals surface area contributed by atoms with E-state index in [1.54, 1.807) is 6.07 Å². The van der Waals surface area contributed by atoms with Gasteiger partial charge in [-0.1, -0.05) is 13.8 Å². The topological polar surface area (TPSA) is 34.4 Å². The minimum atomic E-state index is 0.325. The van der Waals surface area contributed by atoms with Crippen LogP contribution in [0.4, 0.5) is 0 Å². The van der Waals surface area contributed by atoms with Crippen LogP contribution in [-0.2, 0) is 0 Å². The normalized spacial score (nSPS) is 11.2. The molecule has 0 radical (unpaired) electrons. The summed E-state index contributed by atoms with van der Waals surface area (Å²) in [6.45, 7) is 4.16. The Kier molecular flexibility index (Phi) is 2.61. The number of hydrogen-bond donors (Lipinski definition) is 0. The summed E-state index contributed by atoms with van der Waals surface area (Å²) in [5.41, 5.74) is 1.65. The van der Waals surface area contributed by atoms with E-state index in [0.29, 0.717) is 11.5 Å². The van der Waals surface area contributed by atoms with Crippen LogP contribution in [0.3, 0.4) is 0 Å². The number of aldehydes is 1. The van der Waals surface area contributed by atoms with Gasteiger partial charge in [-0.2, -0.15) is 0 Å². The van der Waals surface area contributed by atoms with E-state index in [1.165, 1.54) is 0 Å². The van der Waals surface area contributed by atoms with Gasteiger partial charge in [0.25, 0.3) is 0 Å². The number of pyridine rings is 1. The second-order valence-electron chi connectivity index (χ2n) is 3.75. The maximum Gasteiger partial charge on any atom is 0.151 e. The van der Waals surface area contributed by atoms with Crippen molar-refractivity contribution in [1.82, 2.24) is 9.38 Å². The SMILES string of the molecule is CC(C)c1nc(Br)c2ccc(C=O)cn12. The third-order valence-corrected chi connectivity index (χ3v) is 2.88. The monoisotopic (exact) mass is 266 g/mol. The van der Waals surface area contributed by atoms with Crippen molar-refractivity contribution in [2.75, 3.05) is 0 Å². The molecule has 0 N–H and O–H groups in total. The van der Waals surface area contributed by atoms with Gasteiger partial charge in [0.15, 0.2) is 6.29 Å². The molecule has 0 atom stereocenters. The Balaban J connectivity index is 2.77. The molecule has 0 bridgehead atoms. The largest absolute Gasteiger partial charge is 0.302 e. The molecule has 0 aliphatic rings. The second kappa shape index (κ2) is 3.77. The van der Waals surface area contributed by atoms with E-state index in [0.717, 1.165) is 22.2 Å². The molecule has 15 heavy (non-hydrogen) atoms. The number of halogens is 1. The average Bonchev–Trinajstić information content (AvgIpc) is 2.56. The summed E-state index contributed by atoms with van der Waals surface area (Å²) in [7, 11) is 0. The summed E-state index contributed by atoms with van der Waals surface area (Å²) < 4.78 is 2.78. The van der Waals surface area contributed by atoms with Crippen molar-refractivity contribution in [3.63, 3.8) is 0 Å². The first-order chi connectivity index (χ1) is 7.13. The lowest BCUT2D eigenvalue weighted by molar-refractivity contribution is 0.112. The molecule has 0 amide bonds. The molecule has 4 heteroatoms. The highest BCUT2D eigenvalue weighted by Crippen LogP contribution is 2.23. The highest BCUT2D eigenvalue weighted by atomic mass is 79.9. The molecule has 2 rings (SSSR count). The summed E-state index contributed by atoms with van der Waals surface area (Å²) >= 11 is 3.41. The molecule has 2 aromatic rings. The zero-order chi connectivity index (χ0) is 11.0. The predicted octanol–water partition coefficient (Wildman–Crippen LogP) is 3.03. The average molecular weight is 267 g/mol. The Labute approximate surface area is 96.3 Å². The lowest BCUT2D eigenvalue weighted by Crippen LogP contribution is -1.97. The lowest BCUT2D eigenvalue weighted by atomic mass is 10.2. The van der Waals surface area contributed by atoms with Crippen LogP contribution in [0.1, 0.15) is 35.9 Å². The quantitative estimate of drug-likeness (QED) is 0.784. The number of fused-ring (bicyclic) bond motifs is 1. The fraction of sp³-hybridized carbons (Fsp3) is 0.273. The van der Waals surface area contributed by atoms with E-state index < -0.39 is 0 Å². The summed E-state index contributed by atoms with van der Waals surface area (Å²) in [6.07, 6.45) is 2.66. The standard InChI is InChI=1S/C11H11BrN2O/c1-7(2)11-13-10(12)9-4-3-8(6-15)5-14(9)11/h3-7H,1-2H3. The first-order valence-corrected chi connectivity index (χ1v) is 5.55. The van der Waals surface area contributed by atoms with Gasteiger partial charge in [0.2, 0.25) is 0 Å². The van der Waals surface area contributed by atoms with Crippen LogP contribution in [-0.4, -0.2) is 15.7 Å². The van der Waals surface area contributed by atoms with Gasteiger partial charge in [0.1, 0.15) is 10.4 Å². The molecule has 3 nitrogen and oxygen atoms in total. The van der Waals surface area contributed by atoms with Gasteiger partial charge in [-0.3, -0.25) is 4.79 Å². The molecule has 78 valence electrons. The number of nitrogens with zero attached hydrogens (tertiary/aromatic N) is 2. The minimum Gasteiger partial charge on any atom is -0.302 e. The van der Waals surface area contributed by atoms with Crippen LogP contribution < -0.4 is 0 Å². The molecule has 2 heterocycles. The Morgan fingerprint density at radius 3 is 2.80 bits per heavy atom. The zero-order valence-corrected chi connectivity index (χ0v) is 10.2. The first kappa shape index (κ1) is 10.4. The Bertz CT molecular complexity index is 517. The van der Waals surface area contributed by atoms with Gasteiger partial charge in [-0.25, -0.2) is 4.98 Å². The molecule has 0 aliphatic carbocycles. The first-order valence-electron chi connectivity index (χ1n) is 4.76. The van der Waals surface area contributed by atoms with Crippen LogP contribution in [0, 0.1) is 0 Å². The van der Waals surface area contributed by atoms with E-state index in [2.05, 4.69) is 34.8 Å². The summed E-state index contributed by atoms with van der Waals surface area (Å²) in [4.78, 5) is 15.1. The van der Waals surface area contributed by atoms with Crippen molar-refractivity contribution in [2.24, 2.45) is 0 Å². The Morgan fingerprint density at radius 1 is 1.47 bits per heavy atom. The van der Waals surface area contributed by atoms with Crippen molar-refractivity contribution in [1.29, 1.82) is 0 Å².